The number of benzene rings is 1. The first-order valence-electron chi connectivity index (χ1n) is 5.61. The molecule has 0 amide bonds. The fourth-order valence-electron chi connectivity index (χ4n) is 1.67. The molecule has 0 unspecified atom stereocenters. The summed E-state index contributed by atoms with van der Waals surface area (Å²) in [6, 6.07) is 9.34. The third kappa shape index (κ3) is 3.20. The molecule has 0 spiro atoms. The molecule has 1 aliphatic heterocycles. The number of morpholine rings is 1. The Labute approximate surface area is 115 Å². The van der Waals surface area contributed by atoms with Crippen LogP contribution in [0.25, 0.3) is 6.08 Å². The van der Waals surface area contributed by atoms with E-state index in [1.54, 1.807) is 6.08 Å². The third-order valence-electron chi connectivity index (χ3n) is 2.64. The van der Waals surface area contributed by atoms with Crippen LogP contribution < -0.4 is 0 Å². The van der Waals surface area contributed by atoms with Crippen molar-refractivity contribution in [1.82, 2.24) is 4.31 Å². The van der Waals surface area contributed by atoms with Gasteiger partial charge in [-0.15, -0.1) is 0 Å². The maximum absolute atomic E-state index is 12.2. The molecule has 98 valence electrons. The van der Waals surface area contributed by atoms with Gasteiger partial charge in [0.25, 0.3) is 0 Å². The molecule has 0 saturated carbocycles. The Hall–Kier alpha value is -0.690. The van der Waals surface area contributed by atoms with Gasteiger partial charge in [-0.05, 0) is 27.6 Å². The Morgan fingerprint density at radius 1 is 1.22 bits per heavy atom. The molecule has 0 N–H and O–H groups in total. The van der Waals surface area contributed by atoms with Crippen molar-refractivity contribution >= 4 is 32.0 Å². The summed E-state index contributed by atoms with van der Waals surface area (Å²) in [6.45, 7) is 1.70. The number of hydrogen-bond acceptors (Lipinski definition) is 3. The quantitative estimate of drug-likeness (QED) is 0.851. The van der Waals surface area contributed by atoms with Gasteiger partial charge >= 0.3 is 0 Å². The summed E-state index contributed by atoms with van der Waals surface area (Å²) < 4.78 is 31.3. The van der Waals surface area contributed by atoms with Gasteiger partial charge in [0.05, 0.1) is 13.2 Å². The van der Waals surface area contributed by atoms with E-state index in [0.29, 0.717) is 26.3 Å². The maximum Gasteiger partial charge on any atom is 0.249 e. The monoisotopic (exact) mass is 331 g/mol. The topological polar surface area (TPSA) is 46.6 Å². The van der Waals surface area contributed by atoms with Crippen LogP contribution in [0.1, 0.15) is 5.56 Å². The lowest BCUT2D eigenvalue weighted by Gasteiger charge is -2.25. The number of sulfonamides is 1. The molecule has 0 atom stereocenters. The van der Waals surface area contributed by atoms with Crippen LogP contribution in [0.15, 0.2) is 34.1 Å². The number of ether oxygens (including phenoxy) is 1. The average molecular weight is 332 g/mol. The van der Waals surface area contributed by atoms with Crippen LogP contribution in [-0.2, 0) is 14.8 Å². The molecule has 1 aromatic carbocycles. The molecular weight excluding hydrogens is 318 g/mol. The first kappa shape index (κ1) is 13.7. The second-order valence-corrected chi connectivity index (χ2v) is 7.16. The molecular formula is C12H14BrNO3S. The van der Waals surface area contributed by atoms with Crippen LogP contribution in [-0.4, -0.2) is 39.0 Å². The lowest BCUT2D eigenvalue weighted by Crippen LogP contribution is -2.40. The predicted octanol–water partition coefficient (Wildman–Crippen LogP) is 2.04. The van der Waals surface area contributed by atoms with Gasteiger partial charge in [0.15, 0.2) is 0 Å². The van der Waals surface area contributed by atoms with Crippen LogP contribution >= 0.6 is 15.9 Å². The van der Waals surface area contributed by atoms with Crippen LogP contribution in [0.5, 0.6) is 0 Å². The van der Waals surface area contributed by atoms with Crippen molar-refractivity contribution < 1.29 is 13.2 Å². The third-order valence-corrected chi connectivity index (χ3v) is 5.75. The summed E-state index contributed by atoms with van der Waals surface area (Å²) in [4.78, 5) is 0. The van der Waals surface area contributed by atoms with E-state index in [4.69, 9.17) is 4.74 Å². The Morgan fingerprint density at radius 2 is 1.83 bits per heavy atom. The lowest BCUT2D eigenvalue weighted by molar-refractivity contribution is 0.0735. The minimum absolute atomic E-state index is 0.183. The van der Waals surface area contributed by atoms with E-state index in [1.165, 1.54) is 4.31 Å². The van der Waals surface area contributed by atoms with Crippen LogP contribution in [0.4, 0.5) is 0 Å². The SMILES string of the molecule is O=S(=O)(C(Br)=Cc1ccccc1)N1CCOCC1. The van der Waals surface area contributed by atoms with Crippen LogP contribution in [0, 0.1) is 0 Å². The van der Waals surface area contributed by atoms with Gasteiger partial charge in [0.2, 0.25) is 10.0 Å². The standard InChI is InChI=1S/C12H14BrNO3S/c13-12(10-11-4-2-1-3-5-11)18(15,16)14-6-8-17-9-7-14/h1-5,10H,6-9H2. The molecule has 4 nitrogen and oxygen atoms in total. The van der Waals surface area contributed by atoms with Crippen molar-refractivity contribution in [2.45, 2.75) is 0 Å². The number of halogens is 1. The minimum atomic E-state index is -3.43. The summed E-state index contributed by atoms with van der Waals surface area (Å²) in [5.41, 5.74) is 0.848. The molecule has 0 radical (unpaired) electrons. The highest BCUT2D eigenvalue weighted by Gasteiger charge is 2.26. The van der Waals surface area contributed by atoms with Gasteiger partial charge in [-0.3, -0.25) is 0 Å². The Bertz CT molecular complexity index is 522. The van der Waals surface area contributed by atoms with Gasteiger partial charge < -0.3 is 4.74 Å². The van der Waals surface area contributed by atoms with Crippen LogP contribution in [0.3, 0.4) is 0 Å². The molecule has 0 aromatic heterocycles. The van der Waals surface area contributed by atoms with Crippen LogP contribution in [0.2, 0.25) is 0 Å². The molecule has 0 bridgehead atoms. The lowest BCUT2D eigenvalue weighted by atomic mass is 10.2. The van der Waals surface area contributed by atoms with Gasteiger partial charge in [-0.2, -0.15) is 4.31 Å². The molecule has 1 aromatic rings. The number of rotatable bonds is 3. The molecule has 0 aliphatic carbocycles. The highest BCUT2D eigenvalue weighted by atomic mass is 79.9. The maximum atomic E-state index is 12.2. The zero-order valence-electron chi connectivity index (χ0n) is 9.75. The van der Waals surface area contributed by atoms with Crippen molar-refractivity contribution in [3.8, 4) is 0 Å². The van der Waals surface area contributed by atoms with E-state index in [0.717, 1.165) is 5.56 Å². The molecule has 6 heteroatoms. The van der Waals surface area contributed by atoms with E-state index < -0.39 is 10.0 Å². The largest absolute Gasteiger partial charge is 0.379 e. The summed E-state index contributed by atoms with van der Waals surface area (Å²) in [5.74, 6) is 0. The summed E-state index contributed by atoms with van der Waals surface area (Å²) in [5, 5.41) is 0. The van der Waals surface area contributed by atoms with E-state index in [-0.39, 0.29) is 3.81 Å². The molecule has 1 saturated heterocycles. The zero-order valence-corrected chi connectivity index (χ0v) is 12.2. The molecule has 1 aliphatic rings. The van der Waals surface area contributed by atoms with Crippen molar-refractivity contribution in [2.24, 2.45) is 0 Å². The molecule has 18 heavy (non-hydrogen) atoms. The van der Waals surface area contributed by atoms with Gasteiger partial charge in [-0.1, -0.05) is 30.3 Å². The van der Waals surface area contributed by atoms with Crippen molar-refractivity contribution in [3.05, 3.63) is 39.7 Å². The Morgan fingerprint density at radius 3 is 2.44 bits per heavy atom. The fraction of sp³-hybridized carbons (Fsp3) is 0.333. The smallest absolute Gasteiger partial charge is 0.249 e. The predicted molar refractivity (Wildman–Crippen MR) is 74.7 cm³/mol. The number of nitrogens with zero attached hydrogens (tertiary/aromatic N) is 1. The van der Waals surface area contributed by atoms with Gasteiger partial charge in [0.1, 0.15) is 3.81 Å². The van der Waals surface area contributed by atoms with Crippen molar-refractivity contribution in [3.63, 3.8) is 0 Å². The average Bonchev–Trinajstić information content (AvgIpc) is 2.41. The highest BCUT2D eigenvalue weighted by Crippen LogP contribution is 2.23. The number of hydrogen-bond donors (Lipinski definition) is 0. The second kappa shape index (κ2) is 5.97. The van der Waals surface area contributed by atoms with Crippen molar-refractivity contribution in [1.29, 1.82) is 0 Å². The van der Waals surface area contributed by atoms with E-state index in [9.17, 15) is 8.42 Å². The summed E-state index contributed by atoms with van der Waals surface area (Å²) in [6.07, 6.45) is 1.62. The first-order valence-corrected chi connectivity index (χ1v) is 7.84. The molecule has 1 fully saturated rings. The second-order valence-electron chi connectivity index (χ2n) is 3.88. The van der Waals surface area contributed by atoms with E-state index >= 15 is 0 Å². The van der Waals surface area contributed by atoms with E-state index in [1.807, 2.05) is 30.3 Å². The molecule has 2 rings (SSSR count). The normalized spacial score (nSPS) is 18.8. The molecule has 1 heterocycles. The Kier molecular flexibility index (Phi) is 4.55. The Balaban J connectivity index is 2.21. The first-order chi connectivity index (χ1) is 8.60. The fourth-order valence-corrected chi connectivity index (χ4v) is 3.71. The summed E-state index contributed by atoms with van der Waals surface area (Å²) >= 11 is 3.16. The zero-order chi connectivity index (χ0) is 13.0. The highest BCUT2D eigenvalue weighted by molar-refractivity contribution is 9.13. The van der Waals surface area contributed by atoms with E-state index in [2.05, 4.69) is 15.9 Å². The van der Waals surface area contributed by atoms with Gasteiger partial charge in [-0.25, -0.2) is 8.42 Å². The van der Waals surface area contributed by atoms with Gasteiger partial charge in [0, 0.05) is 13.1 Å². The van der Waals surface area contributed by atoms with Crippen molar-refractivity contribution in [2.75, 3.05) is 26.3 Å². The summed E-state index contributed by atoms with van der Waals surface area (Å²) in [7, 11) is -3.43. The minimum Gasteiger partial charge on any atom is -0.379 e.